The van der Waals surface area contributed by atoms with E-state index in [2.05, 4.69) is 156 Å². The minimum absolute atomic E-state index is 0. The fraction of sp³-hybridized carbons (Fsp3) is 0.273. The van der Waals surface area contributed by atoms with Gasteiger partial charge in [-0.25, -0.2) is 4.98 Å². The molecular weight excluding hydrogens is 707 g/mol. The zero-order valence-corrected chi connectivity index (χ0v) is 31.9. The Bertz CT molecular complexity index is 2320. The van der Waals surface area contributed by atoms with Crippen molar-refractivity contribution in [3.63, 3.8) is 0 Å². The van der Waals surface area contributed by atoms with E-state index in [1.54, 1.807) is 0 Å². The number of hydrogen-bond donors (Lipinski definition) is 0. The number of aromatic nitrogens is 4. The third-order valence-electron chi connectivity index (χ3n) is 9.56. The summed E-state index contributed by atoms with van der Waals surface area (Å²) < 4.78 is 10.9. The molecule has 4 aromatic carbocycles. The Labute approximate surface area is 310 Å². The van der Waals surface area contributed by atoms with E-state index in [9.17, 15) is 0 Å². The van der Waals surface area contributed by atoms with Crippen molar-refractivity contribution < 1.29 is 25.2 Å². The van der Waals surface area contributed by atoms with Crippen molar-refractivity contribution in [2.24, 2.45) is 0 Å². The van der Waals surface area contributed by atoms with Gasteiger partial charge in [-0.1, -0.05) is 83.5 Å². The summed E-state index contributed by atoms with van der Waals surface area (Å²) in [4.78, 5) is 4.80. The molecule has 0 saturated heterocycles. The van der Waals surface area contributed by atoms with Crippen LogP contribution in [0.15, 0.2) is 85.1 Å². The number of rotatable bonds is 8. The van der Waals surface area contributed by atoms with E-state index in [-0.39, 0.29) is 32.3 Å². The third kappa shape index (κ3) is 6.32. The van der Waals surface area contributed by atoms with Crippen LogP contribution in [0.5, 0.6) is 11.5 Å². The molecule has 3 heterocycles. The van der Waals surface area contributed by atoms with Gasteiger partial charge in [-0.05, 0) is 90.1 Å². The van der Waals surface area contributed by atoms with Gasteiger partial charge in [-0.15, -0.1) is 41.3 Å². The molecule has 6 heteroatoms. The zero-order chi connectivity index (χ0) is 34.6. The minimum atomic E-state index is 0. The normalized spacial score (nSPS) is 11.7. The Morgan fingerprint density at radius 2 is 1.38 bits per heavy atom. The summed E-state index contributed by atoms with van der Waals surface area (Å²) in [6, 6.07) is 34.9. The average Bonchev–Trinajstić information content (AvgIpc) is 3.59. The minimum Gasteiger partial charge on any atom is -0.509 e. The Kier molecular flexibility index (Phi) is 9.91. The van der Waals surface area contributed by atoms with Crippen LogP contribution in [-0.2, 0) is 20.4 Å². The number of hydrogen-bond acceptors (Lipinski definition) is 3. The van der Waals surface area contributed by atoms with Crippen LogP contribution in [0.1, 0.15) is 92.9 Å². The number of nitrogens with zero attached hydrogens (tertiary/aromatic N) is 4. The summed E-state index contributed by atoms with van der Waals surface area (Å²) in [7, 11) is 0. The Morgan fingerprint density at radius 3 is 2.08 bits per heavy atom. The first kappa shape index (κ1) is 35.3. The molecule has 0 bridgehead atoms. The van der Waals surface area contributed by atoms with Crippen LogP contribution < -0.4 is 4.74 Å². The second-order valence-electron chi connectivity index (χ2n) is 14.1. The summed E-state index contributed by atoms with van der Waals surface area (Å²) >= 11 is 0. The van der Waals surface area contributed by atoms with Crippen molar-refractivity contribution in [3.8, 4) is 34.1 Å². The maximum Gasteiger partial charge on any atom is 2.00 e. The van der Waals surface area contributed by atoms with Crippen molar-refractivity contribution in [1.29, 1.82) is 0 Å². The monoisotopic (exact) mass is 750 g/mol. The predicted molar refractivity (Wildman–Crippen MR) is 202 cm³/mol. The molecule has 0 fully saturated rings. The molecule has 5 nitrogen and oxygen atoms in total. The second kappa shape index (κ2) is 14.0. The van der Waals surface area contributed by atoms with Crippen molar-refractivity contribution in [1.82, 2.24) is 19.3 Å². The van der Waals surface area contributed by atoms with Gasteiger partial charge in [-0.2, -0.15) is 11.2 Å². The molecule has 0 saturated carbocycles. The van der Waals surface area contributed by atoms with E-state index in [4.69, 9.17) is 14.8 Å². The average molecular weight is 751 g/mol. The maximum atomic E-state index is 6.66. The molecule has 3 aromatic heterocycles. The molecule has 7 rings (SSSR count). The van der Waals surface area contributed by atoms with Gasteiger partial charge in [0.1, 0.15) is 5.82 Å². The van der Waals surface area contributed by atoms with Crippen LogP contribution in [0.25, 0.3) is 44.4 Å². The maximum absolute atomic E-state index is 6.66. The van der Waals surface area contributed by atoms with Gasteiger partial charge in [0.05, 0.1) is 11.4 Å². The van der Waals surface area contributed by atoms with Crippen molar-refractivity contribution in [3.05, 3.63) is 131 Å². The number of benzene rings is 4. The smallest absolute Gasteiger partial charge is 0.509 e. The van der Waals surface area contributed by atoms with Crippen LogP contribution in [0, 0.1) is 32.9 Å². The van der Waals surface area contributed by atoms with Crippen molar-refractivity contribution >= 4 is 21.8 Å². The van der Waals surface area contributed by atoms with Crippen LogP contribution in [0.4, 0.5) is 0 Å². The van der Waals surface area contributed by atoms with Gasteiger partial charge >= 0.3 is 20.4 Å². The molecule has 0 spiro atoms. The Balaban J connectivity index is 0.00000432. The predicted octanol–water partition coefficient (Wildman–Crippen LogP) is 11.7. The molecular formula is C44H44N4OPd. The van der Waals surface area contributed by atoms with E-state index in [0.717, 1.165) is 44.6 Å². The van der Waals surface area contributed by atoms with Gasteiger partial charge in [0, 0.05) is 28.8 Å². The molecule has 0 unspecified atom stereocenters. The van der Waals surface area contributed by atoms with Gasteiger partial charge < -0.3 is 9.30 Å². The van der Waals surface area contributed by atoms with Crippen molar-refractivity contribution in [2.75, 3.05) is 0 Å². The van der Waals surface area contributed by atoms with Crippen LogP contribution in [-0.4, -0.2) is 19.3 Å². The summed E-state index contributed by atoms with van der Waals surface area (Å²) in [6.45, 7) is 19.8. The molecule has 0 atom stereocenters. The first-order valence-electron chi connectivity index (χ1n) is 17.3. The molecule has 0 amide bonds. The van der Waals surface area contributed by atoms with Crippen LogP contribution in [0.2, 0.25) is 0 Å². The fourth-order valence-electron chi connectivity index (χ4n) is 7.04. The molecule has 0 aliphatic rings. The number of pyridine rings is 1. The molecule has 0 radical (unpaired) electrons. The quantitative estimate of drug-likeness (QED) is 0.115. The molecule has 256 valence electrons. The number of fused-ring (bicyclic) bond motifs is 3. The molecule has 0 N–H and O–H groups in total. The van der Waals surface area contributed by atoms with Crippen LogP contribution >= 0.6 is 0 Å². The molecule has 7 aromatic rings. The molecule has 50 heavy (non-hydrogen) atoms. The Hall–Kier alpha value is -4.50. The van der Waals surface area contributed by atoms with Crippen molar-refractivity contribution in [2.45, 2.75) is 80.1 Å². The van der Waals surface area contributed by atoms with E-state index < -0.39 is 0 Å². The Morgan fingerprint density at radius 1 is 0.660 bits per heavy atom. The molecule has 0 aliphatic heterocycles. The number of ether oxygens (including phenoxy) is 1. The second-order valence-corrected chi connectivity index (χ2v) is 14.1. The SMILES string of the molecule is Cc1cccc(C)c1-c1c(C)nn(-c2[c-]c(Oc3[c-]c4c(cc3)c3ccccc3n4-c3cc(C(C)C)ccn3)cc(C(C)C)c2)c1C(C)C.[Pd+2]. The summed E-state index contributed by atoms with van der Waals surface area (Å²) in [6.07, 6.45) is 1.90. The van der Waals surface area contributed by atoms with Crippen LogP contribution in [0.3, 0.4) is 0 Å². The van der Waals surface area contributed by atoms with E-state index in [1.807, 2.05) is 12.3 Å². The topological polar surface area (TPSA) is 44.9 Å². The zero-order valence-electron chi connectivity index (χ0n) is 30.3. The first-order chi connectivity index (χ1) is 23.5. The molecule has 0 aliphatic carbocycles. The standard InChI is InChI=1S/C44H44N4O.Pd/c1-26(2)32-19-20-45-41(23-32)47-39-16-11-10-15-37(39)38-18-17-35(25-40(38)47)49-36-22-33(27(3)4)21-34(24-36)48-44(28(5)6)43(31(9)46-48)42-29(7)13-12-14-30(42)8;/h10-23,26-28H,1-9H3;/q-2;+2. The van der Waals surface area contributed by atoms with E-state index in [1.165, 1.54) is 33.5 Å². The van der Waals surface area contributed by atoms with Gasteiger partial charge in [0.25, 0.3) is 0 Å². The number of aryl methyl sites for hydroxylation is 3. The van der Waals surface area contributed by atoms with E-state index >= 15 is 0 Å². The number of para-hydroxylation sites is 1. The summed E-state index contributed by atoms with van der Waals surface area (Å²) in [5, 5.41) is 7.41. The largest absolute Gasteiger partial charge is 2.00 e. The van der Waals surface area contributed by atoms with Gasteiger partial charge in [0.15, 0.2) is 0 Å². The van der Waals surface area contributed by atoms with Gasteiger partial charge in [0.2, 0.25) is 0 Å². The third-order valence-corrected chi connectivity index (χ3v) is 9.56. The van der Waals surface area contributed by atoms with E-state index in [0.29, 0.717) is 17.4 Å². The van der Waals surface area contributed by atoms with Gasteiger partial charge in [-0.3, -0.25) is 4.68 Å². The summed E-state index contributed by atoms with van der Waals surface area (Å²) in [5.74, 6) is 3.03. The fourth-order valence-corrected chi connectivity index (χ4v) is 7.04. The summed E-state index contributed by atoms with van der Waals surface area (Å²) in [5.41, 5.74) is 12.4. The first-order valence-corrected chi connectivity index (χ1v) is 17.3.